The van der Waals surface area contributed by atoms with Crippen molar-refractivity contribution in [2.24, 2.45) is 5.73 Å². The smallest absolute Gasteiger partial charge is 0.255 e. The molecule has 3 rings (SSSR count). The average molecular weight is 459 g/mol. The topological polar surface area (TPSA) is 139 Å². The summed E-state index contributed by atoms with van der Waals surface area (Å²) in [6.45, 7) is 0.767. The number of hydrogen-bond acceptors (Lipinski definition) is 5. The van der Waals surface area contributed by atoms with Crippen LogP contribution >= 0.6 is 0 Å². The maximum absolute atomic E-state index is 12.9. The predicted molar refractivity (Wildman–Crippen MR) is 120 cm³/mol. The zero-order chi connectivity index (χ0) is 23.1. The first-order valence-corrected chi connectivity index (χ1v) is 11.8. The molecule has 2 aromatic rings. The first kappa shape index (κ1) is 23.4. The van der Waals surface area contributed by atoms with Gasteiger partial charge in [0.2, 0.25) is 15.9 Å². The van der Waals surface area contributed by atoms with E-state index in [1.165, 1.54) is 40.7 Å². The lowest BCUT2D eigenvalue weighted by Crippen LogP contribution is -2.33. The Morgan fingerprint density at radius 2 is 1.34 bits per heavy atom. The molecule has 1 heterocycles. The molecule has 0 bridgehead atoms. The van der Waals surface area contributed by atoms with Crippen molar-refractivity contribution in [1.29, 1.82) is 0 Å². The number of nitrogens with two attached hydrogens (primary N) is 1. The van der Waals surface area contributed by atoms with Crippen LogP contribution in [0.5, 0.6) is 0 Å². The summed E-state index contributed by atoms with van der Waals surface area (Å²) < 4.78 is 27.2. The van der Waals surface area contributed by atoms with Crippen molar-refractivity contribution in [3.8, 4) is 0 Å². The number of rotatable bonds is 7. The largest absolute Gasteiger partial charge is 0.368 e. The van der Waals surface area contributed by atoms with Crippen LogP contribution in [-0.4, -0.2) is 50.1 Å². The van der Waals surface area contributed by atoms with Gasteiger partial charge >= 0.3 is 0 Å². The number of benzene rings is 2. The third kappa shape index (κ3) is 5.92. The summed E-state index contributed by atoms with van der Waals surface area (Å²) in [7, 11) is -3.58. The molecule has 9 nitrogen and oxygen atoms in total. The number of hydrogen-bond donors (Lipinski definition) is 3. The monoisotopic (exact) mass is 458 g/mol. The Balaban J connectivity index is 1.63. The molecule has 0 aliphatic carbocycles. The highest BCUT2D eigenvalue weighted by Gasteiger charge is 2.25. The van der Waals surface area contributed by atoms with Gasteiger partial charge in [-0.2, -0.15) is 4.31 Å². The molecule has 0 atom stereocenters. The predicted octanol–water partition coefficient (Wildman–Crippen LogP) is 1.72. The van der Waals surface area contributed by atoms with Gasteiger partial charge in [-0.3, -0.25) is 14.4 Å². The van der Waals surface area contributed by atoms with Crippen molar-refractivity contribution >= 4 is 33.4 Å². The summed E-state index contributed by atoms with van der Waals surface area (Å²) >= 11 is 0. The number of carbonyl (C=O) groups is 3. The van der Waals surface area contributed by atoms with E-state index in [-0.39, 0.29) is 11.4 Å². The summed E-state index contributed by atoms with van der Waals surface area (Å²) in [5.74, 6) is -1.51. The highest BCUT2D eigenvalue weighted by Crippen LogP contribution is 2.21. The fourth-order valence-electron chi connectivity index (χ4n) is 3.39. The molecule has 1 aliphatic heterocycles. The lowest BCUT2D eigenvalue weighted by atomic mass is 10.1. The number of primary amides is 1. The quantitative estimate of drug-likeness (QED) is 0.580. The molecule has 0 unspecified atom stereocenters. The van der Waals surface area contributed by atoms with Gasteiger partial charge in [-0.25, -0.2) is 8.42 Å². The van der Waals surface area contributed by atoms with E-state index in [0.717, 1.165) is 25.7 Å². The minimum absolute atomic E-state index is 0.169. The second-order valence-electron chi connectivity index (χ2n) is 7.52. The molecule has 1 saturated heterocycles. The molecule has 0 spiro atoms. The Bertz CT molecular complexity index is 1070. The van der Waals surface area contributed by atoms with Crippen molar-refractivity contribution in [2.75, 3.05) is 25.0 Å². The highest BCUT2D eigenvalue weighted by molar-refractivity contribution is 7.89. The van der Waals surface area contributed by atoms with Gasteiger partial charge in [0.25, 0.3) is 11.8 Å². The van der Waals surface area contributed by atoms with Gasteiger partial charge in [-0.15, -0.1) is 0 Å². The first-order valence-electron chi connectivity index (χ1n) is 10.4. The zero-order valence-electron chi connectivity index (χ0n) is 17.5. The van der Waals surface area contributed by atoms with E-state index < -0.39 is 27.7 Å². The molecule has 0 saturated carbocycles. The van der Waals surface area contributed by atoms with Gasteiger partial charge in [0.15, 0.2) is 0 Å². The zero-order valence-corrected chi connectivity index (χ0v) is 18.4. The van der Waals surface area contributed by atoms with Crippen LogP contribution in [0, 0.1) is 0 Å². The summed E-state index contributed by atoms with van der Waals surface area (Å²) in [5, 5.41) is 5.08. The minimum Gasteiger partial charge on any atom is -0.368 e. The van der Waals surface area contributed by atoms with E-state index in [1.54, 1.807) is 12.1 Å². The maximum Gasteiger partial charge on any atom is 0.255 e. The molecule has 32 heavy (non-hydrogen) atoms. The Labute approximate surface area is 187 Å². The fraction of sp³-hybridized carbons (Fsp3) is 0.318. The molecule has 2 aromatic carbocycles. The van der Waals surface area contributed by atoms with E-state index in [0.29, 0.717) is 29.9 Å². The van der Waals surface area contributed by atoms with E-state index in [4.69, 9.17) is 5.73 Å². The van der Waals surface area contributed by atoms with Crippen molar-refractivity contribution in [2.45, 2.75) is 30.6 Å². The van der Waals surface area contributed by atoms with Crippen LogP contribution in [0.2, 0.25) is 0 Å². The molecule has 1 aliphatic rings. The normalized spacial score (nSPS) is 14.9. The molecule has 10 heteroatoms. The van der Waals surface area contributed by atoms with E-state index in [1.807, 2.05) is 0 Å². The maximum atomic E-state index is 12.9. The Morgan fingerprint density at radius 3 is 1.91 bits per heavy atom. The number of amides is 3. The highest BCUT2D eigenvalue weighted by atomic mass is 32.2. The number of carbonyl (C=O) groups excluding carboxylic acids is 3. The van der Waals surface area contributed by atoms with Crippen LogP contribution < -0.4 is 16.4 Å². The summed E-state index contributed by atoms with van der Waals surface area (Å²) in [4.78, 5) is 35.3. The van der Waals surface area contributed by atoms with E-state index >= 15 is 0 Å². The molecular formula is C22H26N4O5S. The SMILES string of the molecule is NC(=O)CNC(=O)c1ccc(NC(=O)c2ccc(S(=O)(=O)N3CCCCCC3)cc2)cc1. The van der Waals surface area contributed by atoms with Gasteiger partial charge < -0.3 is 16.4 Å². The summed E-state index contributed by atoms with van der Waals surface area (Å²) in [6, 6.07) is 12.0. The number of nitrogens with zero attached hydrogens (tertiary/aromatic N) is 1. The van der Waals surface area contributed by atoms with Gasteiger partial charge in [-0.05, 0) is 61.4 Å². The van der Waals surface area contributed by atoms with Crippen LogP contribution in [-0.2, 0) is 14.8 Å². The number of anilines is 1. The third-order valence-electron chi connectivity index (χ3n) is 5.15. The van der Waals surface area contributed by atoms with Crippen LogP contribution in [0.15, 0.2) is 53.4 Å². The molecule has 1 fully saturated rings. The molecular weight excluding hydrogens is 432 g/mol. The van der Waals surface area contributed by atoms with Gasteiger partial charge in [0, 0.05) is 29.9 Å². The molecule has 0 aromatic heterocycles. The van der Waals surface area contributed by atoms with Gasteiger partial charge in [-0.1, -0.05) is 12.8 Å². The van der Waals surface area contributed by atoms with Gasteiger partial charge in [0.1, 0.15) is 0 Å². The van der Waals surface area contributed by atoms with Crippen molar-refractivity contribution in [1.82, 2.24) is 9.62 Å². The van der Waals surface area contributed by atoms with Crippen molar-refractivity contribution in [3.05, 3.63) is 59.7 Å². The molecule has 4 N–H and O–H groups in total. The van der Waals surface area contributed by atoms with Crippen molar-refractivity contribution < 1.29 is 22.8 Å². The van der Waals surface area contributed by atoms with Crippen LogP contribution in [0.3, 0.4) is 0 Å². The summed E-state index contributed by atoms with van der Waals surface area (Å²) in [5.41, 5.74) is 6.07. The number of nitrogens with one attached hydrogen (secondary N) is 2. The molecule has 3 amide bonds. The standard InChI is InChI=1S/C22H26N4O5S/c23-20(27)15-24-21(28)16-5-9-18(10-6-16)25-22(29)17-7-11-19(12-8-17)32(30,31)26-13-3-1-2-4-14-26/h5-12H,1-4,13-15H2,(H2,23,27)(H,24,28)(H,25,29). The second kappa shape index (κ2) is 10.4. The fourth-order valence-corrected chi connectivity index (χ4v) is 4.90. The summed E-state index contributed by atoms with van der Waals surface area (Å²) in [6.07, 6.45) is 3.77. The molecule has 0 radical (unpaired) electrons. The average Bonchev–Trinajstić information content (AvgIpc) is 3.08. The third-order valence-corrected chi connectivity index (χ3v) is 7.06. The Kier molecular flexibility index (Phi) is 7.60. The van der Waals surface area contributed by atoms with Crippen molar-refractivity contribution in [3.63, 3.8) is 0 Å². The molecule has 170 valence electrons. The van der Waals surface area contributed by atoms with E-state index in [2.05, 4.69) is 10.6 Å². The van der Waals surface area contributed by atoms with Gasteiger partial charge in [0.05, 0.1) is 11.4 Å². The lowest BCUT2D eigenvalue weighted by molar-refractivity contribution is -0.117. The number of sulfonamides is 1. The first-order chi connectivity index (χ1) is 15.3. The lowest BCUT2D eigenvalue weighted by Gasteiger charge is -2.20. The minimum atomic E-state index is -3.58. The Morgan fingerprint density at radius 1 is 0.812 bits per heavy atom. The van der Waals surface area contributed by atoms with Crippen LogP contribution in [0.1, 0.15) is 46.4 Å². The van der Waals surface area contributed by atoms with E-state index in [9.17, 15) is 22.8 Å². The van der Waals surface area contributed by atoms with Crippen LogP contribution in [0.25, 0.3) is 0 Å². The second-order valence-corrected chi connectivity index (χ2v) is 9.46. The Hall–Kier alpha value is -3.24. The van der Waals surface area contributed by atoms with Crippen LogP contribution in [0.4, 0.5) is 5.69 Å².